The van der Waals surface area contributed by atoms with Gasteiger partial charge < -0.3 is 20.1 Å². The quantitative estimate of drug-likeness (QED) is 0.558. The van der Waals surface area contributed by atoms with Crippen LogP contribution < -0.4 is 15.0 Å². The number of benzene rings is 2. The van der Waals surface area contributed by atoms with Crippen LogP contribution in [0.15, 0.2) is 60.9 Å². The van der Waals surface area contributed by atoms with Gasteiger partial charge >= 0.3 is 5.97 Å². The zero-order valence-corrected chi connectivity index (χ0v) is 17.8. The van der Waals surface area contributed by atoms with E-state index < -0.39 is 5.97 Å². The van der Waals surface area contributed by atoms with E-state index in [-0.39, 0.29) is 11.5 Å². The van der Waals surface area contributed by atoms with Gasteiger partial charge in [-0.25, -0.2) is 4.79 Å². The Balaban J connectivity index is 1.51. The lowest BCUT2D eigenvalue weighted by atomic mass is 9.92. The largest absolute Gasteiger partial charge is 0.493 e. The summed E-state index contributed by atoms with van der Waals surface area (Å²) >= 11 is 0. The van der Waals surface area contributed by atoms with Gasteiger partial charge in [-0.05, 0) is 48.2 Å². The number of nitrogens with zero attached hydrogens (tertiary/aromatic N) is 2. The van der Waals surface area contributed by atoms with E-state index in [1.54, 1.807) is 6.20 Å². The van der Waals surface area contributed by atoms with Crippen LogP contribution in [0.5, 0.6) is 5.75 Å². The first kappa shape index (κ1) is 20.7. The van der Waals surface area contributed by atoms with Gasteiger partial charge in [0.1, 0.15) is 5.75 Å². The summed E-state index contributed by atoms with van der Waals surface area (Å²) in [6.07, 6.45) is 4.95. The fourth-order valence-electron chi connectivity index (χ4n) is 3.93. The molecule has 0 saturated heterocycles. The number of hydrogen-bond acceptors (Lipinski definition) is 5. The molecule has 6 heteroatoms. The molecule has 2 heterocycles. The van der Waals surface area contributed by atoms with Gasteiger partial charge in [0, 0.05) is 43.1 Å². The van der Waals surface area contributed by atoms with Crippen LogP contribution in [0, 0.1) is 0 Å². The van der Waals surface area contributed by atoms with E-state index in [4.69, 9.17) is 4.74 Å². The molecule has 0 bridgehead atoms. The molecule has 1 atom stereocenters. The van der Waals surface area contributed by atoms with Crippen LogP contribution in [0.2, 0.25) is 0 Å². The highest BCUT2D eigenvalue weighted by atomic mass is 16.5. The van der Waals surface area contributed by atoms with Crippen molar-refractivity contribution in [3.05, 3.63) is 77.6 Å². The standard InChI is InChI=1S/C25H27N3O3/c1-3-17-4-6-19(7-5-17)28(2)20-8-9-21-18(11-13-31-24(21)14-20)15-27-23-16-26-12-10-22(23)25(29)30/h4-10,12,14,16,18,27H,3,11,13,15H2,1-2H3,(H,29,30)/t18-/m0/s1. The minimum atomic E-state index is -0.961. The number of aromatic carboxylic acids is 1. The van der Waals surface area contributed by atoms with Crippen LogP contribution in [0.4, 0.5) is 17.1 Å². The van der Waals surface area contributed by atoms with Gasteiger partial charge in [0.2, 0.25) is 0 Å². The Morgan fingerprint density at radius 1 is 1.19 bits per heavy atom. The molecule has 0 amide bonds. The molecule has 2 aromatic carbocycles. The Bertz CT molecular complexity index is 1070. The highest BCUT2D eigenvalue weighted by Gasteiger charge is 2.23. The van der Waals surface area contributed by atoms with E-state index in [9.17, 15) is 9.90 Å². The van der Waals surface area contributed by atoms with Gasteiger partial charge in [-0.15, -0.1) is 0 Å². The van der Waals surface area contributed by atoms with Gasteiger partial charge in [-0.3, -0.25) is 4.98 Å². The maximum absolute atomic E-state index is 11.4. The number of fused-ring (bicyclic) bond motifs is 1. The molecule has 1 aliphatic rings. The molecular weight excluding hydrogens is 390 g/mol. The van der Waals surface area contributed by atoms with Crippen molar-refractivity contribution in [1.29, 1.82) is 0 Å². The highest BCUT2D eigenvalue weighted by molar-refractivity contribution is 5.93. The number of hydrogen-bond donors (Lipinski definition) is 2. The number of anilines is 3. The van der Waals surface area contributed by atoms with Crippen LogP contribution in [0.3, 0.4) is 0 Å². The first-order chi connectivity index (χ1) is 15.1. The number of carboxylic acids is 1. The maximum atomic E-state index is 11.4. The van der Waals surface area contributed by atoms with E-state index in [1.165, 1.54) is 17.8 Å². The Morgan fingerprint density at radius 3 is 2.71 bits per heavy atom. The van der Waals surface area contributed by atoms with E-state index in [0.29, 0.717) is 18.8 Å². The van der Waals surface area contributed by atoms with Crippen molar-refractivity contribution in [1.82, 2.24) is 4.98 Å². The second-order valence-corrected chi connectivity index (χ2v) is 7.74. The normalized spacial score (nSPS) is 15.0. The number of nitrogens with one attached hydrogen (secondary N) is 1. The molecule has 0 unspecified atom stereocenters. The van der Waals surface area contributed by atoms with Gasteiger partial charge in [0.05, 0.1) is 24.1 Å². The molecular formula is C25H27N3O3. The number of rotatable bonds is 7. The van der Waals surface area contributed by atoms with Crippen LogP contribution >= 0.6 is 0 Å². The fraction of sp³-hybridized carbons (Fsp3) is 0.280. The van der Waals surface area contributed by atoms with E-state index in [0.717, 1.165) is 35.5 Å². The minimum Gasteiger partial charge on any atom is -0.493 e. The summed E-state index contributed by atoms with van der Waals surface area (Å²) in [6, 6.07) is 16.4. The van der Waals surface area contributed by atoms with Crippen LogP contribution in [0.25, 0.3) is 0 Å². The Kier molecular flexibility index (Phi) is 6.07. The summed E-state index contributed by atoms with van der Waals surface area (Å²) in [6.45, 7) is 3.41. The molecule has 6 nitrogen and oxygen atoms in total. The summed E-state index contributed by atoms with van der Waals surface area (Å²) in [5.41, 5.74) is 5.42. The summed E-state index contributed by atoms with van der Waals surface area (Å²) in [5, 5.41) is 12.6. The van der Waals surface area contributed by atoms with E-state index in [2.05, 4.69) is 71.6 Å². The monoisotopic (exact) mass is 417 g/mol. The Morgan fingerprint density at radius 2 is 1.97 bits per heavy atom. The molecule has 31 heavy (non-hydrogen) atoms. The second kappa shape index (κ2) is 9.08. The molecule has 3 aromatic rings. The average Bonchev–Trinajstić information content (AvgIpc) is 2.82. The third kappa shape index (κ3) is 4.48. The molecule has 0 aliphatic carbocycles. The number of aromatic nitrogens is 1. The number of pyridine rings is 1. The van der Waals surface area contributed by atoms with Crippen molar-refractivity contribution in [2.24, 2.45) is 0 Å². The molecule has 160 valence electrons. The van der Waals surface area contributed by atoms with E-state index >= 15 is 0 Å². The number of ether oxygens (including phenoxy) is 1. The topological polar surface area (TPSA) is 74.7 Å². The summed E-state index contributed by atoms with van der Waals surface area (Å²) in [4.78, 5) is 17.6. The minimum absolute atomic E-state index is 0.230. The van der Waals surface area contributed by atoms with Gasteiger partial charge in [-0.1, -0.05) is 25.1 Å². The van der Waals surface area contributed by atoms with Crippen LogP contribution in [0.1, 0.15) is 40.7 Å². The molecule has 0 spiro atoms. The molecule has 0 radical (unpaired) electrons. The third-order valence-corrected chi connectivity index (χ3v) is 5.87. The first-order valence-corrected chi connectivity index (χ1v) is 10.6. The SMILES string of the molecule is CCc1ccc(N(C)c2ccc3c(c2)OCC[C@H]3CNc2cnccc2C(=O)O)cc1. The lowest BCUT2D eigenvalue weighted by Gasteiger charge is -2.28. The average molecular weight is 418 g/mol. The zero-order chi connectivity index (χ0) is 21.8. The van der Waals surface area contributed by atoms with Gasteiger partial charge in [0.15, 0.2) is 0 Å². The van der Waals surface area contributed by atoms with Gasteiger partial charge in [-0.2, -0.15) is 0 Å². The summed E-state index contributed by atoms with van der Waals surface area (Å²) in [7, 11) is 2.06. The van der Waals surface area contributed by atoms with Crippen LogP contribution in [-0.2, 0) is 6.42 Å². The smallest absolute Gasteiger partial charge is 0.337 e. The lowest BCUT2D eigenvalue weighted by molar-refractivity contribution is 0.0697. The second-order valence-electron chi connectivity index (χ2n) is 7.74. The van der Waals surface area contributed by atoms with Crippen molar-refractivity contribution in [2.75, 3.05) is 30.4 Å². The van der Waals surface area contributed by atoms with Crippen molar-refractivity contribution >= 4 is 23.0 Å². The fourth-order valence-corrected chi connectivity index (χ4v) is 3.93. The summed E-state index contributed by atoms with van der Waals surface area (Å²) in [5.74, 6) is 0.156. The summed E-state index contributed by atoms with van der Waals surface area (Å²) < 4.78 is 5.97. The number of carbonyl (C=O) groups is 1. The highest BCUT2D eigenvalue weighted by Crippen LogP contribution is 2.38. The Labute approximate surface area is 182 Å². The third-order valence-electron chi connectivity index (χ3n) is 5.87. The molecule has 1 aliphatic heterocycles. The predicted molar refractivity (Wildman–Crippen MR) is 123 cm³/mol. The van der Waals surface area contributed by atoms with E-state index in [1.807, 2.05) is 0 Å². The zero-order valence-electron chi connectivity index (χ0n) is 17.8. The molecule has 2 N–H and O–H groups in total. The number of carboxylic acid groups (broad SMARTS) is 1. The van der Waals surface area contributed by atoms with Gasteiger partial charge in [0.25, 0.3) is 0 Å². The molecule has 4 rings (SSSR count). The van der Waals surface area contributed by atoms with Crippen molar-refractivity contribution in [3.63, 3.8) is 0 Å². The van der Waals surface area contributed by atoms with Crippen LogP contribution in [-0.4, -0.2) is 36.3 Å². The number of aryl methyl sites for hydroxylation is 1. The molecule has 0 fully saturated rings. The van der Waals surface area contributed by atoms with Crippen molar-refractivity contribution < 1.29 is 14.6 Å². The molecule has 1 aromatic heterocycles. The Hall–Kier alpha value is -3.54. The van der Waals surface area contributed by atoms with Crippen molar-refractivity contribution in [2.45, 2.75) is 25.7 Å². The molecule has 0 saturated carbocycles. The lowest BCUT2D eigenvalue weighted by Crippen LogP contribution is -2.22. The van der Waals surface area contributed by atoms with Crippen molar-refractivity contribution in [3.8, 4) is 5.75 Å². The first-order valence-electron chi connectivity index (χ1n) is 10.6. The maximum Gasteiger partial charge on any atom is 0.337 e. The predicted octanol–water partition coefficient (Wildman–Crippen LogP) is 5.09.